The fraction of sp³-hybridized carbons (Fsp3) is 0.0690. The lowest BCUT2D eigenvalue weighted by Crippen LogP contribution is -2.24. The zero-order valence-electron chi connectivity index (χ0n) is 21.7. The third-order valence-corrected chi connectivity index (χ3v) is 8.60. The first-order chi connectivity index (χ1) is 19.4. The van der Waals surface area contributed by atoms with Gasteiger partial charge in [0.2, 0.25) is 0 Å². The van der Waals surface area contributed by atoms with Crippen molar-refractivity contribution in [3.63, 3.8) is 0 Å². The van der Waals surface area contributed by atoms with Gasteiger partial charge in [0.25, 0.3) is 11.8 Å². The van der Waals surface area contributed by atoms with Crippen molar-refractivity contribution in [1.29, 1.82) is 0 Å². The molecule has 0 aromatic heterocycles. The van der Waals surface area contributed by atoms with E-state index in [1.54, 1.807) is 50.2 Å². The van der Waals surface area contributed by atoms with Gasteiger partial charge in [0.15, 0.2) is 5.75 Å². The SMILES string of the molecule is Cc1ccc(S(=O)(=O)Oc2ccc(C=NN3C(=O)c4ccccc4C3=O)c(OS(=O)(=O)c3ccc(C)cc3)c2)cc1. The zero-order valence-corrected chi connectivity index (χ0v) is 23.3. The molecule has 0 saturated heterocycles. The Morgan fingerprint density at radius 2 is 1.15 bits per heavy atom. The lowest BCUT2D eigenvalue weighted by molar-refractivity contribution is 0.0659. The van der Waals surface area contributed by atoms with Gasteiger partial charge in [0.1, 0.15) is 15.5 Å². The van der Waals surface area contributed by atoms with Crippen molar-refractivity contribution in [2.24, 2.45) is 5.10 Å². The quantitative estimate of drug-likeness (QED) is 0.167. The zero-order chi connectivity index (χ0) is 29.4. The summed E-state index contributed by atoms with van der Waals surface area (Å²) in [6, 6.07) is 21.7. The van der Waals surface area contributed by atoms with Crippen LogP contribution in [-0.4, -0.2) is 39.9 Å². The molecular formula is C29H22N2O8S2. The molecule has 10 nitrogen and oxygen atoms in total. The van der Waals surface area contributed by atoms with Crippen LogP contribution in [0.4, 0.5) is 0 Å². The summed E-state index contributed by atoms with van der Waals surface area (Å²) >= 11 is 0. The minimum atomic E-state index is -4.39. The largest absolute Gasteiger partial charge is 0.379 e. The first-order valence-electron chi connectivity index (χ1n) is 12.1. The highest BCUT2D eigenvalue weighted by Crippen LogP contribution is 2.30. The number of nitrogens with zero attached hydrogens (tertiary/aromatic N) is 2. The van der Waals surface area contributed by atoms with Crippen LogP contribution in [0.3, 0.4) is 0 Å². The fourth-order valence-electron chi connectivity index (χ4n) is 3.90. The molecule has 0 radical (unpaired) electrons. The standard InChI is InChI=1S/C29H22N2O8S2/c1-19-7-13-23(14-8-19)40(34,35)38-22-12-11-21(18-30-31-28(32)25-5-3-4-6-26(25)29(31)33)27(17-22)39-41(36,37)24-15-9-20(2)10-16-24/h3-18H,1-2H3. The van der Waals surface area contributed by atoms with Gasteiger partial charge in [-0.25, -0.2) is 0 Å². The monoisotopic (exact) mass is 590 g/mol. The molecule has 1 aliphatic rings. The molecule has 2 amide bonds. The van der Waals surface area contributed by atoms with Gasteiger partial charge in [0, 0.05) is 11.6 Å². The maximum Gasteiger partial charge on any atom is 0.339 e. The molecule has 12 heteroatoms. The van der Waals surface area contributed by atoms with Crippen LogP contribution in [0, 0.1) is 13.8 Å². The molecule has 0 aliphatic carbocycles. The molecule has 41 heavy (non-hydrogen) atoms. The Bertz CT molecular complexity index is 1880. The number of carbonyl (C=O) groups is 2. The summed E-state index contributed by atoms with van der Waals surface area (Å²) < 4.78 is 62.5. The number of carbonyl (C=O) groups excluding carboxylic acids is 2. The summed E-state index contributed by atoms with van der Waals surface area (Å²) in [5, 5.41) is 4.63. The maximum atomic E-state index is 13.1. The normalized spacial score (nSPS) is 13.5. The number of hydrogen-bond donors (Lipinski definition) is 0. The predicted molar refractivity (Wildman–Crippen MR) is 149 cm³/mol. The third-order valence-electron chi connectivity index (χ3n) is 6.09. The Hall–Kier alpha value is -4.81. The van der Waals surface area contributed by atoms with E-state index in [0.717, 1.165) is 23.4 Å². The van der Waals surface area contributed by atoms with Gasteiger partial charge in [0.05, 0.1) is 17.3 Å². The van der Waals surface area contributed by atoms with E-state index < -0.39 is 32.1 Å². The number of hydrazone groups is 1. The van der Waals surface area contributed by atoms with Crippen LogP contribution >= 0.6 is 0 Å². The van der Waals surface area contributed by atoms with Crippen LogP contribution < -0.4 is 8.37 Å². The number of fused-ring (bicyclic) bond motifs is 1. The smallest absolute Gasteiger partial charge is 0.339 e. The van der Waals surface area contributed by atoms with E-state index in [4.69, 9.17) is 8.37 Å². The molecule has 0 saturated carbocycles. The predicted octanol–water partition coefficient (Wildman–Crippen LogP) is 4.47. The summed E-state index contributed by atoms with van der Waals surface area (Å²) in [5.74, 6) is -1.89. The number of rotatable bonds is 8. The van der Waals surface area contributed by atoms with Crippen molar-refractivity contribution in [2.75, 3.05) is 0 Å². The molecule has 4 aromatic carbocycles. The van der Waals surface area contributed by atoms with Gasteiger partial charge in [-0.1, -0.05) is 47.5 Å². The number of imide groups is 1. The molecule has 0 bridgehead atoms. The van der Waals surface area contributed by atoms with Crippen LogP contribution in [0.1, 0.15) is 37.4 Å². The summed E-state index contributed by atoms with van der Waals surface area (Å²) in [4.78, 5) is 25.1. The van der Waals surface area contributed by atoms with Crippen LogP contribution in [0.25, 0.3) is 0 Å². The summed E-state index contributed by atoms with van der Waals surface area (Å²) in [5.41, 5.74) is 2.06. The van der Waals surface area contributed by atoms with Crippen LogP contribution in [0.2, 0.25) is 0 Å². The first kappa shape index (κ1) is 27.7. The number of aryl methyl sites for hydroxylation is 2. The highest BCUT2D eigenvalue weighted by atomic mass is 32.2. The number of benzene rings is 4. The van der Waals surface area contributed by atoms with Crippen molar-refractivity contribution >= 4 is 38.3 Å². The molecular weight excluding hydrogens is 568 g/mol. The molecule has 0 N–H and O–H groups in total. The van der Waals surface area contributed by atoms with Gasteiger partial charge in [-0.05, 0) is 62.4 Å². The van der Waals surface area contributed by atoms with Crippen molar-refractivity contribution in [1.82, 2.24) is 5.01 Å². The molecule has 1 heterocycles. The fourth-order valence-corrected chi connectivity index (χ4v) is 5.77. The van der Waals surface area contributed by atoms with Gasteiger partial charge >= 0.3 is 20.2 Å². The highest BCUT2D eigenvalue weighted by molar-refractivity contribution is 7.87. The average Bonchev–Trinajstić information content (AvgIpc) is 3.17. The topological polar surface area (TPSA) is 136 Å². The molecule has 4 aromatic rings. The summed E-state index contributed by atoms with van der Waals surface area (Å²) in [7, 11) is -8.65. The Balaban J connectivity index is 1.51. The Kier molecular flexibility index (Phi) is 7.20. The van der Waals surface area contributed by atoms with Gasteiger partial charge < -0.3 is 8.37 Å². The molecule has 1 aliphatic heterocycles. The summed E-state index contributed by atoms with van der Waals surface area (Å²) in [6.45, 7) is 3.60. The van der Waals surface area contributed by atoms with E-state index in [9.17, 15) is 26.4 Å². The minimum absolute atomic E-state index is 0.0253. The van der Waals surface area contributed by atoms with E-state index in [1.165, 1.54) is 48.5 Å². The molecule has 208 valence electrons. The van der Waals surface area contributed by atoms with Crippen molar-refractivity contribution in [2.45, 2.75) is 23.6 Å². The lowest BCUT2D eigenvalue weighted by atomic mass is 10.1. The molecule has 5 rings (SSSR count). The Morgan fingerprint density at radius 1 is 0.659 bits per heavy atom. The maximum absolute atomic E-state index is 13.1. The Labute approximate surface area is 236 Å². The Morgan fingerprint density at radius 3 is 1.66 bits per heavy atom. The van der Waals surface area contributed by atoms with Gasteiger partial charge in [-0.3, -0.25) is 9.59 Å². The van der Waals surface area contributed by atoms with Crippen LogP contribution in [0.15, 0.2) is 106 Å². The minimum Gasteiger partial charge on any atom is -0.379 e. The van der Waals surface area contributed by atoms with E-state index in [0.29, 0.717) is 5.01 Å². The van der Waals surface area contributed by atoms with E-state index >= 15 is 0 Å². The second-order valence-corrected chi connectivity index (χ2v) is 12.2. The van der Waals surface area contributed by atoms with Gasteiger partial charge in [-0.15, -0.1) is 0 Å². The summed E-state index contributed by atoms with van der Waals surface area (Å²) in [6.07, 6.45) is 1.07. The molecule has 0 unspecified atom stereocenters. The highest BCUT2D eigenvalue weighted by Gasteiger charge is 2.35. The average molecular weight is 591 g/mol. The van der Waals surface area contributed by atoms with E-state index in [2.05, 4.69) is 5.10 Å². The van der Waals surface area contributed by atoms with Crippen LogP contribution in [0.5, 0.6) is 11.5 Å². The van der Waals surface area contributed by atoms with E-state index in [-0.39, 0.29) is 38.0 Å². The first-order valence-corrected chi connectivity index (χ1v) is 14.9. The van der Waals surface area contributed by atoms with Crippen molar-refractivity contribution in [3.8, 4) is 11.5 Å². The van der Waals surface area contributed by atoms with Crippen LogP contribution in [-0.2, 0) is 20.2 Å². The molecule has 0 atom stereocenters. The number of amides is 2. The van der Waals surface area contributed by atoms with Gasteiger partial charge in [-0.2, -0.15) is 26.9 Å². The van der Waals surface area contributed by atoms with E-state index in [1.807, 2.05) is 0 Å². The van der Waals surface area contributed by atoms with Crippen molar-refractivity contribution < 1.29 is 34.8 Å². The van der Waals surface area contributed by atoms with Crippen molar-refractivity contribution in [3.05, 3.63) is 119 Å². The molecule has 0 fully saturated rings. The second-order valence-electron chi connectivity index (χ2n) is 9.11. The third kappa shape index (κ3) is 5.74. The second kappa shape index (κ2) is 10.6. The number of hydrogen-bond acceptors (Lipinski definition) is 9. The molecule has 0 spiro atoms. The lowest BCUT2D eigenvalue weighted by Gasteiger charge is -2.13.